The minimum Gasteiger partial charge on any atom is -0.497 e. The second kappa shape index (κ2) is 8.48. The van der Waals surface area contributed by atoms with E-state index in [0.29, 0.717) is 5.92 Å². The molecule has 0 saturated carbocycles. The van der Waals surface area contributed by atoms with Crippen LogP contribution in [0.4, 0.5) is 5.69 Å². The first-order valence-electron chi connectivity index (χ1n) is 9.12. The summed E-state index contributed by atoms with van der Waals surface area (Å²) in [6.45, 7) is 6.21. The summed E-state index contributed by atoms with van der Waals surface area (Å²) >= 11 is 1.41. The van der Waals surface area contributed by atoms with Crippen molar-refractivity contribution in [3.8, 4) is 5.75 Å². The Balaban J connectivity index is 1.71. The zero-order valence-corrected chi connectivity index (χ0v) is 16.9. The fourth-order valence-electron chi connectivity index (χ4n) is 2.86. The van der Waals surface area contributed by atoms with Crippen LogP contribution in [-0.4, -0.2) is 28.2 Å². The molecule has 0 spiro atoms. The van der Waals surface area contributed by atoms with E-state index in [9.17, 15) is 4.79 Å². The van der Waals surface area contributed by atoms with Crippen LogP contribution in [0.5, 0.6) is 5.75 Å². The van der Waals surface area contributed by atoms with Gasteiger partial charge >= 0.3 is 0 Å². The molecule has 1 amide bonds. The number of methoxy groups -OCH3 is 1. The van der Waals surface area contributed by atoms with Crippen molar-refractivity contribution in [1.82, 2.24) is 9.97 Å². The lowest BCUT2D eigenvalue weighted by atomic mass is 9.97. The number of anilines is 1. The highest BCUT2D eigenvalue weighted by molar-refractivity contribution is 8.00. The maximum absolute atomic E-state index is 12.7. The number of carbonyl (C=O) groups is 1. The Labute approximate surface area is 163 Å². The van der Waals surface area contributed by atoms with Gasteiger partial charge in [0, 0.05) is 11.8 Å². The number of thioether (sulfide) groups is 1. The van der Waals surface area contributed by atoms with E-state index < -0.39 is 0 Å². The van der Waals surface area contributed by atoms with Gasteiger partial charge in [-0.25, -0.2) is 4.98 Å². The summed E-state index contributed by atoms with van der Waals surface area (Å²) in [5, 5.41) is 3.51. The summed E-state index contributed by atoms with van der Waals surface area (Å²) < 4.78 is 5.24. The van der Waals surface area contributed by atoms with Crippen LogP contribution in [0.2, 0.25) is 0 Å². The third-order valence-electron chi connectivity index (χ3n) is 4.69. The van der Waals surface area contributed by atoms with Gasteiger partial charge in [0.1, 0.15) is 5.75 Å². The quantitative estimate of drug-likeness (QED) is 0.550. The largest absolute Gasteiger partial charge is 0.497 e. The van der Waals surface area contributed by atoms with Crippen molar-refractivity contribution in [3.63, 3.8) is 0 Å². The lowest BCUT2D eigenvalue weighted by molar-refractivity contribution is -0.115. The Kier molecular flexibility index (Phi) is 6.06. The lowest BCUT2D eigenvalue weighted by Gasteiger charge is -2.17. The molecule has 142 valence electrons. The molecule has 0 saturated heterocycles. The number of para-hydroxylation sites is 1. The molecule has 27 heavy (non-hydrogen) atoms. The van der Waals surface area contributed by atoms with Gasteiger partial charge in [-0.15, -0.1) is 0 Å². The van der Waals surface area contributed by atoms with Gasteiger partial charge < -0.3 is 15.0 Å². The lowest BCUT2D eigenvalue weighted by Crippen LogP contribution is -2.23. The normalized spacial score (nSPS) is 13.3. The van der Waals surface area contributed by atoms with E-state index in [1.165, 1.54) is 17.3 Å². The van der Waals surface area contributed by atoms with E-state index in [1.54, 1.807) is 7.11 Å². The van der Waals surface area contributed by atoms with Crippen LogP contribution in [0.3, 0.4) is 0 Å². The molecule has 5 nitrogen and oxygen atoms in total. The Morgan fingerprint density at radius 3 is 2.78 bits per heavy atom. The number of ether oxygens (including phenoxy) is 1. The number of amides is 1. The second-order valence-electron chi connectivity index (χ2n) is 6.57. The van der Waals surface area contributed by atoms with Gasteiger partial charge in [0.25, 0.3) is 0 Å². The molecule has 0 aliphatic rings. The molecule has 3 rings (SSSR count). The molecule has 0 fully saturated rings. The highest BCUT2D eigenvalue weighted by atomic mass is 32.2. The summed E-state index contributed by atoms with van der Waals surface area (Å²) in [5.41, 5.74) is 3.81. The number of nitrogens with zero attached hydrogens (tertiary/aromatic N) is 1. The van der Waals surface area contributed by atoms with E-state index in [0.717, 1.165) is 34.0 Å². The molecule has 1 aromatic heterocycles. The predicted octanol–water partition coefficient (Wildman–Crippen LogP) is 5.20. The summed E-state index contributed by atoms with van der Waals surface area (Å²) in [7, 11) is 1.64. The molecule has 2 N–H and O–H groups in total. The first-order chi connectivity index (χ1) is 13.0. The van der Waals surface area contributed by atoms with Crippen molar-refractivity contribution in [2.24, 2.45) is 0 Å². The van der Waals surface area contributed by atoms with Gasteiger partial charge in [-0.3, -0.25) is 4.79 Å². The maximum atomic E-state index is 12.7. The number of fused-ring (bicyclic) bond motifs is 1. The number of aromatic amines is 1. The number of benzene rings is 2. The molecule has 3 aromatic rings. The zero-order valence-electron chi connectivity index (χ0n) is 16.1. The van der Waals surface area contributed by atoms with Crippen molar-refractivity contribution in [3.05, 3.63) is 48.0 Å². The van der Waals surface area contributed by atoms with Crippen LogP contribution < -0.4 is 10.1 Å². The van der Waals surface area contributed by atoms with Crippen LogP contribution in [-0.2, 0) is 4.79 Å². The highest BCUT2D eigenvalue weighted by Gasteiger charge is 2.19. The minimum absolute atomic E-state index is 0.0335. The van der Waals surface area contributed by atoms with Gasteiger partial charge in [0.2, 0.25) is 5.91 Å². The SMILES string of the molecule is CC[C@@H](C)c1ccccc1NC(=O)[C@@H](C)Sc1nc2ccc(OC)cc2[nH]1. The molecular weight excluding hydrogens is 358 g/mol. The van der Waals surface area contributed by atoms with Crippen LogP contribution >= 0.6 is 11.8 Å². The first kappa shape index (κ1) is 19.3. The van der Waals surface area contributed by atoms with Crippen molar-refractivity contribution < 1.29 is 9.53 Å². The molecule has 0 unspecified atom stereocenters. The third kappa shape index (κ3) is 4.45. The van der Waals surface area contributed by atoms with E-state index in [4.69, 9.17) is 4.74 Å². The van der Waals surface area contributed by atoms with Gasteiger partial charge in [0.15, 0.2) is 5.16 Å². The Morgan fingerprint density at radius 2 is 2.04 bits per heavy atom. The number of H-pyrrole nitrogens is 1. The number of nitrogens with one attached hydrogen (secondary N) is 2. The number of hydrogen-bond acceptors (Lipinski definition) is 4. The number of imidazole rings is 1. The van der Waals surface area contributed by atoms with Gasteiger partial charge in [0.05, 0.1) is 23.4 Å². The molecule has 0 aliphatic carbocycles. The van der Waals surface area contributed by atoms with Crippen LogP contribution in [0.15, 0.2) is 47.6 Å². The fraction of sp³-hybridized carbons (Fsp3) is 0.333. The average molecular weight is 384 g/mol. The van der Waals surface area contributed by atoms with Gasteiger partial charge in [-0.05, 0) is 43.0 Å². The summed E-state index contributed by atoms with van der Waals surface area (Å²) in [6.07, 6.45) is 1.03. The molecule has 6 heteroatoms. The van der Waals surface area contributed by atoms with Crippen LogP contribution in [0.25, 0.3) is 11.0 Å². The maximum Gasteiger partial charge on any atom is 0.237 e. The second-order valence-corrected chi connectivity index (χ2v) is 7.90. The monoisotopic (exact) mass is 383 g/mol. The molecular formula is C21H25N3O2S. The zero-order chi connectivity index (χ0) is 19.4. The fourth-order valence-corrected chi connectivity index (χ4v) is 3.68. The summed E-state index contributed by atoms with van der Waals surface area (Å²) in [4.78, 5) is 20.5. The first-order valence-corrected chi connectivity index (χ1v) is 10.00. The number of carbonyl (C=O) groups excluding carboxylic acids is 1. The Bertz CT molecular complexity index is 938. The smallest absolute Gasteiger partial charge is 0.237 e. The van der Waals surface area contributed by atoms with Crippen LogP contribution in [0.1, 0.15) is 38.7 Å². The summed E-state index contributed by atoms with van der Waals surface area (Å²) in [5.74, 6) is 1.14. The standard InChI is InChI=1S/C21H25N3O2S/c1-5-13(2)16-8-6-7-9-17(16)22-20(25)14(3)27-21-23-18-11-10-15(26-4)12-19(18)24-21/h6-14H,5H2,1-4H3,(H,22,25)(H,23,24)/t13-,14-/m1/s1. The topological polar surface area (TPSA) is 67.0 Å². The molecule has 2 aromatic carbocycles. The van der Waals surface area contributed by atoms with Crippen molar-refractivity contribution in [1.29, 1.82) is 0 Å². The minimum atomic E-state index is -0.280. The van der Waals surface area contributed by atoms with Gasteiger partial charge in [-0.2, -0.15) is 0 Å². The average Bonchev–Trinajstić information content (AvgIpc) is 3.08. The predicted molar refractivity (Wildman–Crippen MR) is 112 cm³/mol. The Morgan fingerprint density at radius 1 is 1.26 bits per heavy atom. The molecule has 2 atom stereocenters. The number of rotatable bonds is 7. The van der Waals surface area contributed by atoms with E-state index >= 15 is 0 Å². The number of hydrogen-bond donors (Lipinski definition) is 2. The third-order valence-corrected chi connectivity index (χ3v) is 5.67. The molecule has 0 radical (unpaired) electrons. The van der Waals surface area contributed by atoms with Crippen LogP contribution in [0, 0.1) is 0 Å². The molecule has 0 aliphatic heterocycles. The van der Waals surface area contributed by atoms with Crippen molar-refractivity contribution >= 4 is 34.4 Å². The van der Waals surface area contributed by atoms with Crippen molar-refractivity contribution in [2.75, 3.05) is 12.4 Å². The van der Waals surface area contributed by atoms with Crippen molar-refractivity contribution in [2.45, 2.75) is 43.5 Å². The van der Waals surface area contributed by atoms with E-state index in [-0.39, 0.29) is 11.2 Å². The van der Waals surface area contributed by atoms with Gasteiger partial charge in [-0.1, -0.05) is 43.8 Å². The number of aromatic nitrogens is 2. The van der Waals surface area contributed by atoms with E-state index in [2.05, 4.69) is 35.2 Å². The van der Waals surface area contributed by atoms with E-state index in [1.807, 2.05) is 43.3 Å². The Hall–Kier alpha value is -2.47. The molecule has 1 heterocycles. The summed E-state index contributed by atoms with van der Waals surface area (Å²) in [6, 6.07) is 13.7. The molecule has 0 bridgehead atoms. The highest BCUT2D eigenvalue weighted by Crippen LogP contribution is 2.29.